The van der Waals surface area contributed by atoms with Crippen molar-refractivity contribution in [2.45, 2.75) is 44.1 Å². The standard InChI is InChI=1S/C40H43ClN2O11/c1-47-25-10-11-26-27-12-13-43-19-23-16-33(37(50-4)34(39(45)51-5)28(23)18-30(43)35(27)42-29(26)17-25)53-38(44)22-14-31(48-2)36(32(15-22)49-3)54-40(46)52-20-21-6-8-24(41)9-7-21/h6-11,14-15,17,23,28,30,33-34,37,42H,12-13,16,18-20H2,1-5H3/t23?,28?,30-,33-,34+,37+/m1/s1. The number of fused-ring (bicyclic) bond motifs is 6. The van der Waals surface area contributed by atoms with E-state index in [0.29, 0.717) is 30.0 Å². The molecule has 6 atom stereocenters. The number of aromatic nitrogens is 1. The molecule has 4 aromatic rings. The molecule has 1 aliphatic carbocycles. The first-order chi connectivity index (χ1) is 26.2. The largest absolute Gasteiger partial charge is 0.514 e. The Morgan fingerprint density at radius 3 is 2.31 bits per heavy atom. The molecule has 3 aliphatic rings. The highest BCUT2D eigenvalue weighted by Gasteiger charge is 2.54. The maximum atomic E-state index is 13.9. The lowest BCUT2D eigenvalue weighted by Gasteiger charge is -2.52. The molecule has 3 aromatic carbocycles. The molecular formula is C40H43ClN2O11. The van der Waals surface area contributed by atoms with Gasteiger partial charge in [0.15, 0.2) is 11.5 Å². The quantitative estimate of drug-likeness (QED) is 0.107. The molecule has 1 aromatic heterocycles. The van der Waals surface area contributed by atoms with Crippen LogP contribution in [0.3, 0.4) is 0 Å². The Kier molecular flexibility index (Phi) is 10.9. The number of nitrogens with one attached hydrogen (secondary N) is 1. The zero-order chi connectivity index (χ0) is 38.1. The van der Waals surface area contributed by atoms with Gasteiger partial charge in [-0.3, -0.25) is 9.69 Å². The minimum absolute atomic E-state index is 0.0271. The third kappa shape index (κ3) is 7.15. The van der Waals surface area contributed by atoms with Crippen LogP contribution in [0, 0.1) is 17.8 Å². The number of aromatic amines is 1. The fraction of sp³-hybridized carbons (Fsp3) is 0.425. The molecule has 0 radical (unpaired) electrons. The van der Waals surface area contributed by atoms with Crippen LogP contribution in [0.25, 0.3) is 10.9 Å². The van der Waals surface area contributed by atoms with Crippen LogP contribution < -0.4 is 18.9 Å². The molecule has 2 aliphatic heterocycles. The summed E-state index contributed by atoms with van der Waals surface area (Å²) in [5.41, 5.74) is 4.28. The zero-order valence-electron chi connectivity index (χ0n) is 30.7. The van der Waals surface area contributed by atoms with E-state index < -0.39 is 36.2 Å². The minimum atomic E-state index is -1.00. The molecule has 1 saturated heterocycles. The first-order valence-electron chi connectivity index (χ1n) is 17.7. The smallest absolute Gasteiger partial charge is 0.497 e. The third-order valence-electron chi connectivity index (χ3n) is 11.0. The SMILES string of the molecule is COC(=O)[C@H]1C2C[C@@H]3c4[nH]c5cc(OC)ccc5c4CCN3CC2C[C@@H](OC(=O)c2cc(OC)c(OC(=O)OCc3ccc(Cl)cc3)c(OC)c2)[C@@H]1OC. The number of H-pyrrole nitrogens is 1. The lowest BCUT2D eigenvalue weighted by Crippen LogP contribution is -2.58. The van der Waals surface area contributed by atoms with E-state index in [1.54, 1.807) is 31.4 Å². The second-order valence-corrected chi connectivity index (χ2v) is 14.2. The molecule has 286 valence electrons. The summed E-state index contributed by atoms with van der Waals surface area (Å²) >= 11 is 5.94. The van der Waals surface area contributed by atoms with E-state index in [2.05, 4.69) is 16.0 Å². The van der Waals surface area contributed by atoms with Gasteiger partial charge in [-0.05, 0) is 78.6 Å². The Hall–Kier alpha value is -4.98. The number of carbonyl (C=O) groups excluding carboxylic acids is 3. The minimum Gasteiger partial charge on any atom is -0.497 e. The van der Waals surface area contributed by atoms with Crippen LogP contribution in [0.5, 0.6) is 23.0 Å². The van der Waals surface area contributed by atoms with E-state index in [9.17, 15) is 14.4 Å². The number of benzene rings is 3. The monoisotopic (exact) mass is 762 g/mol. The van der Waals surface area contributed by atoms with Crippen LogP contribution in [0.4, 0.5) is 4.79 Å². The molecule has 0 spiro atoms. The summed E-state index contributed by atoms with van der Waals surface area (Å²) in [6.45, 7) is 1.52. The molecule has 3 heterocycles. The number of halogens is 1. The maximum Gasteiger partial charge on any atom is 0.514 e. The Bertz CT molecular complexity index is 2010. The molecule has 1 N–H and O–H groups in total. The summed E-state index contributed by atoms with van der Waals surface area (Å²) in [6, 6.07) is 15.8. The normalized spacial score (nSPS) is 23.3. The number of carbonyl (C=O) groups is 3. The van der Waals surface area contributed by atoms with Crippen molar-refractivity contribution in [2.75, 3.05) is 48.6 Å². The van der Waals surface area contributed by atoms with Gasteiger partial charge in [-0.2, -0.15) is 0 Å². The summed E-state index contributed by atoms with van der Waals surface area (Å²) in [6.07, 6.45) is -0.447. The van der Waals surface area contributed by atoms with Crippen molar-refractivity contribution in [2.24, 2.45) is 17.8 Å². The molecule has 2 unspecified atom stereocenters. The first kappa shape index (κ1) is 37.3. The van der Waals surface area contributed by atoms with Crippen LogP contribution in [0.2, 0.25) is 5.02 Å². The van der Waals surface area contributed by atoms with Gasteiger partial charge in [0.05, 0.1) is 46.0 Å². The summed E-state index contributed by atoms with van der Waals surface area (Å²) in [5, 5.41) is 1.74. The van der Waals surface area contributed by atoms with Crippen molar-refractivity contribution < 1.29 is 52.3 Å². The lowest BCUT2D eigenvalue weighted by molar-refractivity contribution is -0.176. The average Bonchev–Trinajstić information content (AvgIpc) is 3.57. The predicted octanol–water partition coefficient (Wildman–Crippen LogP) is 6.53. The third-order valence-corrected chi connectivity index (χ3v) is 11.3. The first-order valence-corrected chi connectivity index (χ1v) is 18.1. The van der Waals surface area contributed by atoms with E-state index in [1.807, 2.05) is 12.1 Å². The highest BCUT2D eigenvalue weighted by Crippen LogP contribution is 2.51. The second-order valence-electron chi connectivity index (χ2n) is 13.8. The molecule has 54 heavy (non-hydrogen) atoms. The van der Waals surface area contributed by atoms with Crippen molar-refractivity contribution in [3.63, 3.8) is 0 Å². The van der Waals surface area contributed by atoms with Gasteiger partial charge in [0.2, 0.25) is 5.75 Å². The highest BCUT2D eigenvalue weighted by molar-refractivity contribution is 6.30. The number of esters is 2. The molecule has 2 fully saturated rings. The van der Waals surface area contributed by atoms with Crippen LogP contribution in [-0.2, 0) is 36.8 Å². The van der Waals surface area contributed by atoms with E-state index in [1.165, 1.54) is 57.2 Å². The van der Waals surface area contributed by atoms with Crippen LogP contribution in [0.1, 0.15) is 46.1 Å². The number of nitrogens with zero attached hydrogens (tertiary/aromatic N) is 1. The molecule has 1 saturated carbocycles. The van der Waals surface area contributed by atoms with Crippen molar-refractivity contribution in [3.8, 4) is 23.0 Å². The number of rotatable bonds is 10. The summed E-state index contributed by atoms with van der Waals surface area (Å²) in [4.78, 5) is 46.2. The topological polar surface area (TPSA) is 144 Å². The zero-order valence-corrected chi connectivity index (χ0v) is 31.5. The van der Waals surface area contributed by atoms with Crippen molar-refractivity contribution in [1.82, 2.24) is 9.88 Å². The van der Waals surface area contributed by atoms with Gasteiger partial charge >= 0.3 is 18.1 Å². The molecule has 14 heteroatoms. The second kappa shape index (κ2) is 15.8. The predicted molar refractivity (Wildman–Crippen MR) is 196 cm³/mol. The number of methoxy groups -OCH3 is 5. The molecule has 0 amide bonds. The van der Waals surface area contributed by atoms with Crippen LogP contribution in [-0.4, -0.2) is 88.8 Å². The van der Waals surface area contributed by atoms with E-state index in [0.717, 1.165) is 24.2 Å². The lowest BCUT2D eigenvalue weighted by atomic mass is 9.63. The Balaban J connectivity index is 1.10. The fourth-order valence-electron chi connectivity index (χ4n) is 8.50. The van der Waals surface area contributed by atoms with Gasteiger partial charge in [-0.15, -0.1) is 0 Å². The van der Waals surface area contributed by atoms with Gasteiger partial charge in [-0.25, -0.2) is 9.59 Å². The summed E-state index contributed by atoms with van der Waals surface area (Å²) in [5.74, 6) is -1.03. The van der Waals surface area contributed by atoms with Gasteiger partial charge in [-0.1, -0.05) is 23.7 Å². The summed E-state index contributed by atoms with van der Waals surface area (Å²) < 4.78 is 44.7. The van der Waals surface area contributed by atoms with Gasteiger partial charge < -0.3 is 42.9 Å². The molecule has 7 rings (SSSR count). The average molecular weight is 763 g/mol. The van der Waals surface area contributed by atoms with E-state index in [-0.39, 0.29) is 47.3 Å². The highest BCUT2D eigenvalue weighted by atomic mass is 35.5. The van der Waals surface area contributed by atoms with Crippen molar-refractivity contribution in [1.29, 1.82) is 0 Å². The fourth-order valence-corrected chi connectivity index (χ4v) is 8.62. The van der Waals surface area contributed by atoms with E-state index >= 15 is 0 Å². The van der Waals surface area contributed by atoms with Gasteiger partial charge in [0.25, 0.3) is 0 Å². The number of hydrogen-bond acceptors (Lipinski definition) is 12. The Labute approximate surface area is 317 Å². The number of ether oxygens (including phenoxy) is 8. The van der Waals surface area contributed by atoms with Crippen molar-refractivity contribution >= 4 is 40.6 Å². The molecular weight excluding hydrogens is 720 g/mol. The Morgan fingerprint density at radius 2 is 1.65 bits per heavy atom. The van der Waals surface area contributed by atoms with Gasteiger partial charge in [0, 0.05) is 47.9 Å². The van der Waals surface area contributed by atoms with Crippen LogP contribution in [0.15, 0.2) is 54.6 Å². The number of hydrogen-bond donors (Lipinski definition) is 1. The van der Waals surface area contributed by atoms with Crippen LogP contribution >= 0.6 is 11.6 Å². The van der Waals surface area contributed by atoms with Gasteiger partial charge in [0.1, 0.15) is 24.6 Å². The summed E-state index contributed by atoms with van der Waals surface area (Å²) in [7, 11) is 7.28. The Morgan fingerprint density at radius 1 is 0.907 bits per heavy atom. The van der Waals surface area contributed by atoms with Crippen molar-refractivity contribution in [3.05, 3.63) is 82.0 Å². The molecule has 13 nitrogen and oxygen atoms in total. The van der Waals surface area contributed by atoms with E-state index in [4.69, 9.17) is 49.5 Å². The number of piperidine rings is 1. The molecule has 0 bridgehead atoms. The maximum absolute atomic E-state index is 13.9.